The average Bonchev–Trinajstić information content (AvgIpc) is 2.85. The first kappa shape index (κ1) is 10.2. The van der Waals surface area contributed by atoms with Crippen molar-refractivity contribution >= 4 is 5.91 Å². The van der Waals surface area contributed by atoms with Crippen LogP contribution in [-0.4, -0.2) is 22.3 Å². The van der Waals surface area contributed by atoms with Gasteiger partial charge >= 0.3 is 0 Å². The molecule has 0 aromatic carbocycles. The Kier molecular flexibility index (Phi) is 2.75. The zero-order chi connectivity index (χ0) is 10.8. The van der Waals surface area contributed by atoms with Crippen LogP contribution in [-0.2, 0) is 11.2 Å². The average molecular weight is 208 g/mol. The topological polar surface area (TPSA) is 46.3 Å². The normalized spacial score (nSPS) is 20.9. The molecule has 82 valence electrons. The Bertz CT molecular complexity index is 359. The Balaban J connectivity index is 2.18. The van der Waals surface area contributed by atoms with Crippen molar-refractivity contribution in [2.24, 2.45) is 0 Å². The minimum atomic E-state index is 0.0581. The molecule has 0 aliphatic carbocycles. The van der Waals surface area contributed by atoms with E-state index in [1.54, 1.807) is 13.1 Å². The van der Waals surface area contributed by atoms with Crippen molar-refractivity contribution in [2.45, 2.75) is 39.2 Å². The molecule has 1 aliphatic rings. The lowest BCUT2D eigenvalue weighted by atomic mass is 10.2. The lowest BCUT2D eigenvalue weighted by Gasteiger charge is -2.20. The smallest absolute Gasteiger partial charge is 0.220 e. The summed E-state index contributed by atoms with van der Waals surface area (Å²) in [5.41, 5.74) is 0. The fourth-order valence-electron chi connectivity index (χ4n) is 2.04. The van der Waals surface area contributed by atoms with Crippen molar-refractivity contribution in [3.8, 4) is 0 Å². The highest BCUT2D eigenvalue weighted by atomic mass is 16.4. The van der Waals surface area contributed by atoms with E-state index in [4.69, 9.17) is 4.42 Å². The molecule has 0 bridgehead atoms. The van der Waals surface area contributed by atoms with Gasteiger partial charge in [0.2, 0.25) is 11.8 Å². The molecule has 0 radical (unpaired) electrons. The number of oxazole rings is 1. The Hall–Kier alpha value is -1.32. The zero-order valence-electron chi connectivity index (χ0n) is 9.19. The molecule has 1 aromatic rings. The van der Waals surface area contributed by atoms with Crippen LogP contribution in [0.4, 0.5) is 0 Å². The highest BCUT2D eigenvalue weighted by Crippen LogP contribution is 2.31. The lowest BCUT2D eigenvalue weighted by molar-refractivity contribution is -0.130. The number of aryl methyl sites for hydroxylation is 1. The van der Waals surface area contributed by atoms with Crippen LogP contribution in [0.5, 0.6) is 0 Å². The quantitative estimate of drug-likeness (QED) is 0.746. The fourth-order valence-corrected chi connectivity index (χ4v) is 2.04. The number of hydrogen-bond donors (Lipinski definition) is 0. The molecule has 0 saturated carbocycles. The molecule has 1 atom stereocenters. The largest absolute Gasteiger partial charge is 0.443 e. The van der Waals surface area contributed by atoms with Gasteiger partial charge in [-0.15, -0.1) is 0 Å². The van der Waals surface area contributed by atoms with Gasteiger partial charge in [-0.25, -0.2) is 4.98 Å². The number of aromatic nitrogens is 1. The molecule has 1 saturated heterocycles. The first-order valence-electron chi connectivity index (χ1n) is 5.44. The van der Waals surface area contributed by atoms with E-state index in [-0.39, 0.29) is 11.9 Å². The van der Waals surface area contributed by atoms with Crippen LogP contribution in [0.1, 0.15) is 44.4 Å². The first-order valence-corrected chi connectivity index (χ1v) is 5.44. The van der Waals surface area contributed by atoms with E-state index in [1.807, 2.05) is 11.8 Å². The predicted molar refractivity (Wildman–Crippen MR) is 55.2 cm³/mol. The molecule has 1 aliphatic heterocycles. The third-order valence-electron chi connectivity index (χ3n) is 2.86. The molecule has 0 N–H and O–H groups in total. The summed E-state index contributed by atoms with van der Waals surface area (Å²) in [6, 6.07) is 0.0581. The van der Waals surface area contributed by atoms with Gasteiger partial charge in [0.15, 0.2) is 0 Å². The molecule has 2 heterocycles. The molecule has 1 fully saturated rings. The van der Waals surface area contributed by atoms with Crippen LogP contribution in [0, 0.1) is 0 Å². The van der Waals surface area contributed by atoms with Gasteiger partial charge in [-0.1, -0.05) is 6.92 Å². The van der Waals surface area contributed by atoms with Crippen LogP contribution < -0.4 is 0 Å². The number of nitrogens with zero attached hydrogens (tertiary/aromatic N) is 2. The molecule has 2 rings (SSSR count). The zero-order valence-corrected chi connectivity index (χ0v) is 9.19. The van der Waals surface area contributed by atoms with Crippen molar-refractivity contribution in [2.75, 3.05) is 6.54 Å². The van der Waals surface area contributed by atoms with E-state index < -0.39 is 0 Å². The molecule has 1 amide bonds. The van der Waals surface area contributed by atoms with E-state index in [0.717, 1.165) is 31.6 Å². The number of amides is 1. The molecule has 1 aromatic heterocycles. The summed E-state index contributed by atoms with van der Waals surface area (Å²) in [4.78, 5) is 17.4. The van der Waals surface area contributed by atoms with Gasteiger partial charge in [-0.2, -0.15) is 0 Å². The number of carbonyl (C=O) groups is 1. The number of likely N-dealkylation sites (tertiary alicyclic amines) is 1. The summed E-state index contributed by atoms with van der Waals surface area (Å²) in [6.07, 6.45) is 4.60. The molecule has 1 unspecified atom stereocenters. The first-order chi connectivity index (χ1) is 7.22. The molecular weight excluding hydrogens is 192 g/mol. The number of carbonyl (C=O) groups excluding carboxylic acids is 1. The minimum Gasteiger partial charge on any atom is -0.443 e. The van der Waals surface area contributed by atoms with Gasteiger partial charge in [-0.3, -0.25) is 4.79 Å². The van der Waals surface area contributed by atoms with Gasteiger partial charge in [0.25, 0.3) is 0 Å². The van der Waals surface area contributed by atoms with Gasteiger partial charge < -0.3 is 9.32 Å². The van der Waals surface area contributed by atoms with E-state index in [1.165, 1.54) is 0 Å². The summed E-state index contributed by atoms with van der Waals surface area (Å²) in [5.74, 6) is 1.69. The summed E-state index contributed by atoms with van der Waals surface area (Å²) >= 11 is 0. The molecule has 0 spiro atoms. The Morgan fingerprint density at radius 1 is 1.73 bits per heavy atom. The molecule has 15 heavy (non-hydrogen) atoms. The summed E-state index contributed by atoms with van der Waals surface area (Å²) in [5, 5.41) is 0. The van der Waals surface area contributed by atoms with Crippen molar-refractivity contribution in [3.63, 3.8) is 0 Å². The highest BCUT2D eigenvalue weighted by Gasteiger charge is 2.31. The maximum absolute atomic E-state index is 11.4. The summed E-state index contributed by atoms with van der Waals surface area (Å²) in [7, 11) is 0. The molecular formula is C11H16N2O2. The predicted octanol–water partition coefficient (Wildman–Crippen LogP) is 1.92. The molecule has 4 nitrogen and oxygen atoms in total. The van der Waals surface area contributed by atoms with Gasteiger partial charge in [0, 0.05) is 19.9 Å². The second-order valence-corrected chi connectivity index (χ2v) is 3.89. The van der Waals surface area contributed by atoms with E-state index in [9.17, 15) is 4.79 Å². The van der Waals surface area contributed by atoms with Crippen LogP contribution in [0.3, 0.4) is 0 Å². The van der Waals surface area contributed by atoms with Crippen molar-refractivity contribution in [1.29, 1.82) is 0 Å². The summed E-state index contributed by atoms with van der Waals surface area (Å²) < 4.78 is 5.59. The van der Waals surface area contributed by atoms with Crippen molar-refractivity contribution in [3.05, 3.63) is 17.8 Å². The Morgan fingerprint density at radius 2 is 2.53 bits per heavy atom. The second kappa shape index (κ2) is 4.04. The third-order valence-corrected chi connectivity index (χ3v) is 2.86. The van der Waals surface area contributed by atoms with Crippen LogP contribution in [0.15, 0.2) is 10.6 Å². The van der Waals surface area contributed by atoms with E-state index in [2.05, 4.69) is 4.98 Å². The van der Waals surface area contributed by atoms with Gasteiger partial charge in [-0.05, 0) is 12.8 Å². The number of rotatable bonds is 2. The standard InChI is InChI=1S/C11H16N2O2/c1-3-9-7-12-11(15-9)10-5-4-6-13(10)8(2)14/h7,10H,3-6H2,1-2H3. The lowest BCUT2D eigenvalue weighted by Crippen LogP contribution is -2.28. The number of hydrogen-bond acceptors (Lipinski definition) is 3. The monoisotopic (exact) mass is 208 g/mol. The Morgan fingerprint density at radius 3 is 3.13 bits per heavy atom. The van der Waals surface area contributed by atoms with E-state index in [0.29, 0.717) is 5.89 Å². The minimum absolute atomic E-state index is 0.0581. The summed E-state index contributed by atoms with van der Waals surface area (Å²) in [6.45, 7) is 4.45. The van der Waals surface area contributed by atoms with Crippen LogP contribution in [0.25, 0.3) is 0 Å². The Labute approximate surface area is 89.3 Å². The maximum Gasteiger partial charge on any atom is 0.220 e. The highest BCUT2D eigenvalue weighted by molar-refractivity contribution is 5.73. The van der Waals surface area contributed by atoms with E-state index >= 15 is 0 Å². The van der Waals surface area contributed by atoms with Gasteiger partial charge in [0.05, 0.1) is 6.20 Å². The van der Waals surface area contributed by atoms with Crippen molar-refractivity contribution < 1.29 is 9.21 Å². The van der Waals surface area contributed by atoms with Crippen LogP contribution >= 0.6 is 0 Å². The second-order valence-electron chi connectivity index (χ2n) is 3.89. The van der Waals surface area contributed by atoms with Crippen LogP contribution in [0.2, 0.25) is 0 Å². The third kappa shape index (κ3) is 1.89. The SMILES string of the molecule is CCc1cnc(C2CCCN2C(C)=O)o1. The molecule has 4 heteroatoms. The fraction of sp³-hybridized carbons (Fsp3) is 0.636. The maximum atomic E-state index is 11.4. The van der Waals surface area contributed by atoms with Crippen molar-refractivity contribution in [1.82, 2.24) is 9.88 Å². The van der Waals surface area contributed by atoms with Gasteiger partial charge in [0.1, 0.15) is 11.8 Å².